The number of nitrogen functional groups attached to an aromatic ring is 1. The Labute approximate surface area is 156 Å². The molecule has 2 aromatic rings. The summed E-state index contributed by atoms with van der Waals surface area (Å²) in [6.07, 6.45) is 5.31. The maximum Gasteiger partial charge on any atom is 0.330 e. The van der Waals surface area contributed by atoms with Gasteiger partial charge in [0, 0.05) is 12.6 Å². The molecule has 3 rings (SSSR count). The van der Waals surface area contributed by atoms with Crippen molar-refractivity contribution in [3.63, 3.8) is 0 Å². The van der Waals surface area contributed by atoms with Crippen molar-refractivity contribution in [2.45, 2.75) is 51.7 Å². The average molecular weight is 377 g/mol. The third kappa shape index (κ3) is 3.98. The Bertz CT molecular complexity index is 883. The van der Waals surface area contributed by atoms with Gasteiger partial charge in [0.05, 0.1) is 12.8 Å². The number of hydrogen-bond donors (Lipinski definition) is 3. The minimum absolute atomic E-state index is 0.110. The van der Waals surface area contributed by atoms with Gasteiger partial charge in [0.15, 0.2) is 10.8 Å². The maximum atomic E-state index is 12.6. The van der Waals surface area contributed by atoms with E-state index < -0.39 is 11.2 Å². The second kappa shape index (κ2) is 7.77. The molecule has 1 aliphatic carbocycles. The Morgan fingerprint density at radius 1 is 1.50 bits per heavy atom. The smallest absolute Gasteiger partial charge is 0.330 e. The first-order chi connectivity index (χ1) is 12.5. The minimum atomic E-state index is -0.563. The normalized spacial score (nSPS) is 13.6. The van der Waals surface area contributed by atoms with E-state index in [-0.39, 0.29) is 18.1 Å². The van der Waals surface area contributed by atoms with E-state index in [4.69, 9.17) is 22.4 Å². The number of H-pyrrole nitrogens is 1. The van der Waals surface area contributed by atoms with Gasteiger partial charge in [-0.2, -0.15) is 0 Å². The zero-order valence-electron chi connectivity index (χ0n) is 14.7. The van der Waals surface area contributed by atoms with Gasteiger partial charge in [0.25, 0.3) is 5.56 Å². The highest BCUT2D eigenvalue weighted by Gasteiger charge is 2.28. The average Bonchev–Trinajstić information content (AvgIpc) is 3.25. The lowest BCUT2D eigenvalue weighted by atomic mass is 10.3. The lowest BCUT2D eigenvalue weighted by Gasteiger charge is -2.26. The van der Waals surface area contributed by atoms with Crippen LogP contribution in [0.4, 0.5) is 11.5 Å². The van der Waals surface area contributed by atoms with Crippen molar-refractivity contribution in [2.24, 2.45) is 0 Å². The van der Waals surface area contributed by atoms with Crippen molar-refractivity contribution < 1.29 is 4.42 Å². The first kappa shape index (κ1) is 18.2. The topological polar surface area (TPSA) is 109 Å². The highest BCUT2D eigenvalue weighted by Crippen LogP contribution is 2.23. The second-order valence-corrected chi connectivity index (χ2v) is 6.77. The number of aromatic nitrogens is 2. The Hall–Kier alpha value is -2.55. The van der Waals surface area contributed by atoms with Crippen LogP contribution in [0, 0.1) is 0 Å². The van der Waals surface area contributed by atoms with Gasteiger partial charge in [0.2, 0.25) is 0 Å². The molecule has 140 valence electrons. The van der Waals surface area contributed by atoms with Crippen molar-refractivity contribution >= 4 is 28.8 Å². The highest BCUT2D eigenvalue weighted by molar-refractivity contribution is 7.80. The van der Waals surface area contributed by atoms with E-state index in [9.17, 15) is 9.59 Å². The van der Waals surface area contributed by atoms with Crippen LogP contribution in [0.2, 0.25) is 0 Å². The molecule has 2 aromatic heterocycles. The van der Waals surface area contributed by atoms with Crippen molar-refractivity contribution in [1.82, 2.24) is 14.9 Å². The summed E-state index contributed by atoms with van der Waals surface area (Å²) in [5.41, 5.74) is 5.31. The summed E-state index contributed by atoms with van der Waals surface area (Å²) in [5, 5.41) is 3.61. The van der Waals surface area contributed by atoms with Crippen LogP contribution >= 0.6 is 12.2 Å². The van der Waals surface area contributed by atoms with E-state index in [0.29, 0.717) is 23.5 Å². The van der Waals surface area contributed by atoms with Crippen LogP contribution in [0.25, 0.3) is 0 Å². The molecule has 0 aliphatic heterocycles. The summed E-state index contributed by atoms with van der Waals surface area (Å²) in [5.74, 6) is 0.744. The summed E-state index contributed by atoms with van der Waals surface area (Å²) < 4.78 is 6.79. The number of rotatable bonds is 7. The molecule has 2 heterocycles. The fraction of sp³-hybridized carbons (Fsp3) is 0.471. The van der Waals surface area contributed by atoms with Gasteiger partial charge in [0.1, 0.15) is 11.6 Å². The van der Waals surface area contributed by atoms with Gasteiger partial charge in [-0.15, -0.1) is 0 Å². The third-order valence-electron chi connectivity index (χ3n) is 4.26. The third-order valence-corrected chi connectivity index (χ3v) is 4.60. The molecule has 1 saturated carbocycles. The first-order valence-corrected chi connectivity index (χ1v) is 9.15. The lowest BCUT2D eigenvalue weighted by molar-refractivity contribution is 0.510. The van der Waals surface area contributed by atoms with Crippen LogP contribution < -0.4 is 27.2 Å². The van der Waals surface area contributed by atoms with Crippen LogP contribution in [0.5, 0.6) is 0 Å². The zero-order valence-corrected chi connectivity index (χ0v) is 15.5. The highest BCUT2D eigenvalue weighted by atomic mass is 32.1. The fourth-order valence-electron chi connectivity index (χ4n) is 2.67. The van der Waals surface area contributed by atoms with E-state index in [1.54, 1.807) is 23.3 Å². The van der Waals surface area contributed by atoms with Gasteiger partial charge in [-0.05, 0) is 43.6 Å². The van der Waals surface area contributed by atoms with E-state index in [1.807, 2.05) is 6.92 Å². The SMILES string of the molecule is CCCCn1c(N)c(N(Cc2ccco2)C(=S)NC2CC2)c(=O)[nH]c1=O. The molecular formula is C17H23N5O3S. The van der Waals surface area contributed by atoms with Gasteiger partial charge in [-0.25, -0.2) is 4.79 Å². The van der Waals surface area contributed by atoms with E-state index >= 15 is 0 Å². The number of nitrogens with two attached hydrogens (primary N) is 1. The summed E-state index contributed by atoms with van der Waals surface area (Å²) in [7, 11) is 0. The molecule has 0 unspecified atom stereocenters. The van der Waals surface area contributed by atoms with Crippen molar-refractivity contribution in [3.05, 3.63) is 45.0 Å². The van der Waals surface area contributed by atoms with E-state index in [1.165, 1.54) is 4.57 Å². The van der Waals surface area contributed by atoms with Gasteiger partial charge in [-0.3, -0.25) is 14.3 Å². The number of thiocarbonyl (C=S) groups is 1. The molecule has 8 nitrogen and oxygen atoms in total. The molecule has 9 heteroatoms. The van der Waals surface area contributed by atoms with Crippen LogP contribution in [-0.2, 0) is 13.1 Å². The monoisotopic (exact) mass is 377 g/mol. The Morgan fingerprint density at radius 2 is 2.27 bits per heavy atom. The van der Waals surface area contributed by atoms with Gasteiger partial charge < -0.3 is 20.4 Å². The molecule has 0 atom stereocenters. The molecule has 4 N–H and O–H groups in total. The Kier molecular flexibility index (Phi) is 5.46. The van der Waals surface area contributed by atoms with Crippen LogP contribution in [0.15, 0.2) is 32.4 Å². The molecule has 1 fully saturated rings. The minimum Gasteiger partial charge on any atom is -0.467 e. The number of unbranched alkanes of at least 4 members (excludes halogenated alkanes) is 1. The first-order valence-electron chi connectivity index (χ1n) is 8.74. The fourth-order valence-corrected chi connectivity index (χ4v) is 2.99. The van der Waals surface area contributed by atoms with Crippen molar-refractivity contribution in [1.29, 1.82) is 0 Å². The summed E-state index contributed by atoms with van der Waals surface area (Å²) in [4.78, 5) is 28.7. The quantitative estimate of drug-likeness (QED) is 0.628. The predicted molar refractivity (Wildman–Crippen MR) is 104 cm³/mol. The van der Waals surface area contributed by atoms with Gasteiger partial charge in [-0.1, -0.05) is 13.3 Å². The molecule has 0 radical (unpaired) electrons. The molecule has 0 aromatic carbocycles. The summed E-state index contributed by atoms with van der Waals surface area (Å²) in [6.45, 7) is 2.69. The molecule has 0 saturated heterocycles. The Morgan fingerprint density at radius 3 is 2.88 bits per heavy atom. The number of furan rings is 1. The number of nitrogens with zero attached hydrogens (tertiary/aromatic N) is 2. The number of aromatic amines is 1. The van der Waals surface area contributed by atoms with E-state index in [0.717, 1.165) is 25.7 Å². The van der Waals surface area contributed by atoms with E-state index in [2.05, 4.69) is 10.3 Å². The second-order valence-electron chi connectivity index (χ2n) is 6.39. The largest absolute Gasteiger partial charge is 0.467 e. The molecule has 1 aliphatic rings. The summed E-state index contributed by atoms with van der Waals surface area (Å²) >= 11 is 5.51. The van der Waals surface area contributed by atoms with Crippen LogP contribution in [0.3, 0.4) is 0 Å². The standard InChI is InChI=1S/C17H23N5O3S/c1-2-3-8-21-14(18)13(15(23)20-16(21)24)22(10-12-5-4-9-25-12)17(26)19-11-6-7-11/h4-5,9,11H,2-3,6-8,10,18H2,1H3,(H,19,26)(H,20,23,24). The van der Waals surface area contributed by atoms with Crippen LogP contribution in [-0.4, -0.2) is 20.7 Å². The molecule has 0 amide bonds. The Balaban J connectivity index is 2.02. The van der Waals surface area contributed by atoms with Crippen LogP contribution in [0.1, 0.15) is 38.4 Å². The lowest BCUT2D eigenvalue weighted by Crippen LogP contribution is -2.45. The van der Waals surface area contributed by atoms with Gasteiger partial charge >= 0.3 is 5.69 Å². The summed E-state index contributed by atoms with van der Waals surface area (Å²) in [6, 6.07) is 3.87. The molecule has 0 spiro atoms. The predicted octanol–water partition coefficient (Wildman–Crippen LogP) is 1.56. The van der Waals surface area contributed by atoms with Crippen molar-refractivity contribution in [2.75, 3.05) is 10.6 Å². The number of anilines is 2. The molecule has 0 bridgehead atoms. The molecule has 26 heavy (non-hydrogen) atoms. The number of hydrogen-bond acceptors (Lipinski definition) is 5. The zero-order chi connectivity index (χ0) is 18.7. The maximum absolute atomic E-state index is 12.6. The molecular weight excluding hydrogens is 354 g/mol. The number of nitrogens with one attached hydrogen (secondary N) is 2. The van der Waals surface area contributed by atoms with Crippen molar-refractivity contribution in [3.8, 4) is 0 Å².